The highest BCUT2D eigenvalue weighted by atomic mass is 16.5. The minimum absolute atomic E-state index is 0.179. The standard InChI is InChI=1S/C14H15NO3/c1-2-18-13(17)11-14(7-8-14)10-6-4-3-5-9(10)12(16)15-11/h3-6,11H,2,7-8H2,1H3,(H,15,16). The molecule has 0 aromatic heterocycles. The number of carbonyl (C=O) groups is 2. The van der Waals surface area contributed by atoms with E-state index < -0.39 is 6.04 Å². The van der Waals surface area contributed by atoms with E-state index in [-0.39, 0.29) is 17.3 Å². The molecular formula is C14H15NO3. The van der Waals surface area contributed by atoms with Gasteiger partial charge in [-0.2, -0.15) is 0 Å². The molecule has 1 heterocycles. The fourth-order valence-electron chi connectivity index (χ4n) is 2.82. The zero-order valence-electron chi connectivity index (χ0n) is 10.2. The quantitative estimate of drug-likeness (QED) is 0.801. The Kier molecular flexibility index (Phi) is 2.40. The van der Waals surface area contributed by atoms with E-state index in [1.165, 1.54) is 0 Å². The summed E-state index contributed by atoms with van der Waals surface area (Å²) in [7, 11) is 0. The summed E-state index contributed by atoms with van der Waals surface area (Å²) in [5.41, 5.74) is 1.46. The minimum atomic E-state index is -0.528. The van der Waals surface area contributed by atoms with E-state index in [9.17, 15) is 9.59 Å². The van der Waals surface area contributed by atoms with Crippen LogP contribution in [-0.2, 0) is 14.9 Å². The molecule has 94 valence electrons. The van der Waals surface area contributed by atoms with Crippen molar-refractivity contribution in [2.45, 2.75) is 31.2 Å². The van der Waals surface area contributed by atoms with E-state index in [1.54, 1.807) is 6.92 Å². The maximum Gasteiger partial charge on any atom is 0.329 e. The summed E-state index contributed by atoms with van der Waals surface area (Å²) in [4.78, 5) is 24.0. The third-order valence-electron chi connectivity index (χ3n) is 3.85. The van der Waals surface area contributed by atoms with E-state index in [2.05, 4.69) is 5.32 Å². The smallest absolute Gasteiger partial charge is 0.329 e. The molecule has 1 aromatic rings. The van der Waals surface area contributed by atoms with Crippen molar-refractivity contribution in [2.24, 2.45) is 0 Å². The fourth-order valence-corrected chi connectivity index (χ4v) is 2.82. The van der Waals surface area contributed by atoms with Gasteiger partial charge in [-0.15, -0.1) is 0 Å². The largest absolute Gasteiger partial charge is 0.464 e. The monoisotopic (exact) mass is 245 g/mol. The highest BCUT2D eigenvalue weighted by molar-refractivity contribution is 6.01. The highest BCUT2D eigenvalue weighted by Crippen LogP contribution is 2.53. The molecule has 1 amide bonds. The second-order valence-corrected chi connectivity index (χ2v) is 4.86. The fraction of sp³-hybridized carbons (Fsp3) is 0.429. The Morgan fingerprint density at radius 1 is 1.44 bits per heavy atom. The van der Waals surface area contributed by atoms with Crippen molar-refractivity contribution in [2.75, 3.05) is 6.61 Å². The first-order chi connectivity index (χ1) is 8.69. The summed E-state index contributed by atoms with van der Waals surface area (Å²) in [5, 5.41) is 2.80. The normalized spacial score (nSPS) is 23.2. The van der Waals surface area contributed by atoms with Gasteiger partial charge in [0.25, 0.3) is 5.91 Å². The second kappa shape index (κ2) is 3.83. The van der Waals surface area contributed by atoms with Gasteiger partial charge in [0.15, 0.2) is 0 Å². The topological polar surface area (TPSA) is 55.4 Å². The third kappa shape index (κ3) is 1.45. The van der Waals surface area contributed by atoms with Crippen LogP contribution in [0.3, 0.4) is 0 Å². The number of esters is 1. The molecule has 0 radical (unpaired) electrons. The zero-order valence-corrected chi connectivity index (χ0v) is 10.2. The summed E-state index contributed by atoms with van der Waals surface area (Å²) < 4.78 is 5.07. The van der Waals surface area contributed by atoms with Crippen molar-refractivity contribution in [3.05, 3.63) is 35.4 Å². The van der Waals surface area contributed by atoms with Crippen molar-refractivity contribution in [3.8, 4) is 0 Å². The van der Waals surface area contributed by atoms with Crippen LogP contribution < -0.4 is 5.32 Å². The Hall–Kier alpha value is -1.84. The van der Waals surface area contributed by atoms with Gasteiger partial charge in [0.2, 0.25) is 0 Å². The number of fused-ring (bicyclic) bond motifs is 2. The van der Waals surface area contributed by atoms with Crippen molar-refractivity contribution in [1.29, 1.82) is 0 Å². The molecule has 1 fully saturated rings. The van der Waals surface area contributed by atoms with Gasteiger partial charge in [0, 0.05) is 11.0 Å². The molecule has 1 N–H and O–H groups in total. The third-order valence-corrected chi connectivity index (χ3v) is 3.85. The molecule has 18 heavy (non-hydrogen) atoms. The number of hydrogen-bond donors (Lipinski definition) is 1. The second-order valence-electron chi connectivity index (χ2n) is 4.86. The van der Waals surface area contributed by atoms with Gasteiger partial charge in [-0.3, -0.25) is 4.79 Å². The van der Waals surface area contributed by atoms with Crippen LogP contribution in [0.5, 0.6) is 0 Å². The molecule has 4 heteroatoms. The Labute approximate surface area is 105 Å². The van der Waals surface area contributed by atoms with Gasteiger partial charge in [-0.1, -0.05) is 18.2 Å². The lowest BCUT2D eigenvalue weighted by Gasteiger charge is -2.32. The van der Waals surface area contributed by atoms with E-state index in [0.29, 0.717) is 12.2 Å². The molecule has 2 aliphatic rings. The van der Waals surface area contributed by atoms with E-state index in [0.717, 1.165) is 18.4 Å². The number of amides is 1. The molecule has 1 aromatic carbocycles. The van der Waals surface area contributed by atoms with E-state index >= 15 is 0 Å². The first-order valence-corrected chi connectivity index (χ1v) is 6.26. The lowest BCUT2D eigenvalue weighted by molar-refractivity contribution is -0.146. The van der Waals surface area contributed by atoms with Crippen LogP contribution in [0.2, 0.25) is 0 Å². The van der Waals surface area contributed by atoms with Gasteiger partial charge >= 0.3 is 5.97 Å². The molecule has 1 spiro atoms. The van der Waals surface area contributed by atoms with Gasteiger partial charge in [-0.25, -0.2) is 4.79 Å². The SMILES string of the molecule is CCOC(=O)C1NC(=O)c2ccccc2C12CC2. The summed E-state index contributed by atoms with van der Waals surface area (Å²) in [6.07, 6.45) is 1.85. The van der Waals surface area contributed by atoms with Crippen LogP contribution in [0.25, 0.3) is 0 Å². The first-order valence-electron chi connectivity index (χ1n) is 6.26. The average molecular weight is 245 g/mol. The van der Waals surface area contributed by atoms with Gasteiger partial charge in [0.1, 0.15) is 6.04 Å². The summed E-state index contributed by atoms with van der Waals surface area (Å²) in [5.74, 6) is -0.501. The van der Waals surface area contributed by atoms with Crippen LogP contribution >= 0.6 is 0 Å². The maximum atomic E-state index is 12.0. The van der Waals surface area contributed by atoms with E-state index in [1.807, 2.05) is 24.3 Å². The number of rotatable bonds is 2. The van der Waals surface area contributed by atoms with Gasteiger partial charge < -0.3 is 10.1 Å². The lowest BCUT2D eigenvalue weighted by atomic mass is 9.81. The van der Waals surface area contributed by atoms with Crippen LogP contribution in [-0.4, -0.2) is 24.5 Å². The molecule has 1 atom stereocenters. The molecule has 0 saturated heterocycles. The Balaban J connectivity index is 2.03. The molecule has 1 unspecified atom stereocenters. The predicted molar refractivity (Wildman–Crippen MR) is 65.2 cm³/mol. The van der Waals surface area contributed by atoms with Gasteiger partial charge in [0.05, 0.1) is 6.61 Å². The van der Waals surface area contributed by atoms with Crippen LogP contribution in [0.1, 0.15) is 35.7 Å². The molecule has 3 rings (SSSR count). The minimum Gasteiger partial charge on any atom is -0.464 e. The maximum absolute atomic E-state index is 12.0. The molecule has 1 aliphatic heterocycles. The first kappa shape index (κ1) is 11.3. The number of hydrogen-bond acceptors (Lipinski definition) is 3. The molecular weight excluding hydrogens is 230 g/mol. The van der Waals surface area contributed by atoms with Crippen LogP contribution in [0, 0.1) is 0 Å². The van der Waals surface area contributed by atoms with Crippen molar-refractivity contribution in [1.82, 2.24) is 5.32 Å². The summed E-state index contributed by atoms with van der Waals surface area (Å²) >= 11 is 0. The zero-order chi connectivity index (χ0) is 12.8. The number of benzene rings is 1. The summed E-state index contributed by atoms with van der Waals surface area (Å²) in [6, 6.07) is 7.00. The molecule has 0 bridgehead atoms. The molecule has 4 nitrogen and oxygen atoms in total. The number of ether oxygens (including phenoxy) is 1. The highest BCUT2D eigenvalue weighted by Gasteiger charge is 2.58. The lowest BCUT2D eigenvalue weighted by Crippen LogP contribution is -2.53. The van der Waals surface area contributed by atoms with Crippen molar-refractivity contribution in [3.63, 3.8) is 0 Å². The average Bonchev–Trinajstić information content (AvgIpc) is 3.16. The summed E-state index contributed by atoms with van der Waals surface area (Å²) in [6.45, 7) is 2.11. The van der Waals surface area contributed by atoms with Crippen LogP contribution in [0.4, 0.5) is 0 Å². The number of nitrogens with one attached hydrogen (secondary N) is 1. The van der Waals surface area contributed by atoms with Crippen molar-refractivity contribution >= 4 is 11.9 Å². The van der Waals surface area contributed by atoms with Gasteiger partial charge in [-0.05, 0) is 31.4 Å². The van der Waals surface area contributed by atoms with Crippen molar-refractivity contribution < 1.29 is 14.3 Å². The predicted octanol–water partition coefficient (Wildman–Crippen LogP) is 1.39. The van der Waals surface area contributed by atoms with Crippen LogP contribution in [0.15, 0.2) is 24.3 Å². The Morgan fingerprint density at radius 3 is 2.83 bits per heavy atom. The molecule has 1 aliphatic carbocycles. The Morgan fingerprint density at radius 2 is 2.17 bits per heavy atom. The number of carbonyl (C=O) groups excluding carboxylic acids is 2. The Bertz CT molecular complexity index is 520. The molecule has 1 saturated carbocycles. The van der Waals surface area contributed by atoms with E-state index in [4.69, 9.17) is 4.74 Å².